The van der Waals surface area contributed by atoms with Gasteiger partial charge in [-0.15, -0.1) is 0 Å². The second-order valence-electron chi connectivity index (χ2n) is 4.73. The van der Waals surface area contributed by atoms with E-state index < -0.39 is 16.1 Å². The molecule has 0 saturated heterocycles. The van der Waals surface area contributed by atoms with E-state index >= 15 is 0 Å². The number of hydrogen-bond donors (Lipinski definition) is 2. The van der Waals surface area contributed by atoms with E-state index in [-0.39, 0.29) is 10.8 Å². The van der Waals surface area contributed by atoms with Crippen LogP contribution in [0.3, 0.4) is 0 Å². The molecule has 0 saturated carbocycles. The summed E-state index contributed by atoms with van der Waals surface area (Å²) < 4.78 is 26.3. The molecule has 0 spiro atoms. The molecule has 0 aliphatic heterocycles. The van der Waals surface area contributed by atoms with Crippen LogP contribution in [0.25, 0.3) is 0 Å². The predicted molar refractivity (Wildman–Crippen MR) is 76.6 cm³/mol. The molecule has 4 nitrogen and oxygen atoms in total. The Morgan fingerprint density at radius 1 is 1.21 bits per heavy atom. The number of benzene rings is 1. The maximum Gasteiger partial charge on any atom is 0.240 e. The van der Waals surface area contributed by atoms with Gasteiger partial charge in [0.1, 0.15) is 0 Å². The van der Waals surface area contributed by atoms with Crippen LogP contribution < -0.4 is 4.72 Å². The van der Waals surface area contributed by atoms with Crippen molar-refractivity contribution in [3.05, 3.63) is 29.8 Å². The van der Waals surface area contributed by atoms with Crippen molar-refractivity contribution in [1.29, 1.82) is 0 Å². The molecule has 0 bridgehead atoms. The highest BCUT2D eigenvalue weighted by Crippen LogP contribution is 2.22. The van der Waals surface area contributed by atoms with Crippen molar-refractivity contribution in [3.8, 4) is 0 Å². The second-order valence-corrected chi connectivity index (χ2v) is 6.50. The molecule has 5 heteroatoms. The molecule has 0 heterocycles. The molecular formula is C14H23NO3S. The van der Waals surface area contributed by atoms with E-state index in [1.54, 1.807) is 24.3 Å². The monoisotopic (exact) mass is 285 g/mol. The average molecular weight is 285 g/mol. The zero-order valence-corrected chi connectivity index (χ0v) is 12.6. The third kappa shape index (κ3) is 4.30. The van der Waals surface area contributed by atoms with Crippen molar-refractivity contribution >= 4 is 10.0 Å². The lowest BCUT2D eigenvalue weighted by Crippen LogP contribution is -2.24. The van der Waals surface area contributed by atoms with E-state index in [0.29, 0.717) is 13.0 Å². The van der Waals surface area contributed by atoms with Crippen molar-refractivity contribution in [2.75, 3.05) is 6.54 Å². The summed E-state index contributed by atoms with van der Waals surface area (Å²) in [5.74, 6) is 0.00496. The summed E-state index contributed by atoms with van der Waals surface area (Å²) in [6.07, 6.45) is 1.04. The van der Waals surface area contributed by atoms with Crippen molar-refractivity contribution < 1.29 is 13.5 Å². The van der Waals surface area contributed by atoms with Gasteiger partial charge in [-0.2, -0.15) is 0 Å². The van der Waals surface area contributed by atoms with Crippen LogP contribution in [0.15, 0.2) is 29.2 Å². The maximum atomic E-state index is 11.9. The van der Waals surface area contributed by atoms with Gasteiger partial charge in [-0.05, 0) is 30.5 Å². The maximum absolute atomic E-state index is 11.9. The molecule has 0 fully saturated rings. The molecule has 19 heavy (non-hydrogen) atoms. The van der Waals surface area contributed by atoms with Crippen LogP contribution in [0.1, 0.15) is 45.1 Å². The Morgan fingerprint density at radius 3 is 2.26 bits per heavy atom. The summed E-state index contributed by atoms with van der Waals surface area (Å²) in [5.41, 5.74) is 0.948. The molecule has 0 radical (unpaired) electrons. The van der Waals surface area contributed by atoms with E-state index in [4.69, 9.17) is 0 Å². The first-order valence-electron chi connectivity index (χ1n) is 6.70. The average Bonchev–Trinajstić information content (AvgIpc) is 2.43. The minimum absolute atomic E-state index is 0.00496. The first kappa shape index (κ1) is 16.1. The predicted octanol–water partition coefficient (Wildman–Crippen LogP) is 2.25. The Bertz CT molecular complexity index is 482. The minimum atomic E-state index is -3.40. The molecule has 1 aromatic carbocycles. The van der Waals surface area contributed by atoms with Gasteiger partial charge in [-0.1, -0.05) is 32.9 Å². The van der Waals surface area contributed by atoms with E-state index in [1.165, 1.54) is 0 Å². The van der Waals surface area contributed by atoms with E-state index in [0.717, 1.165) is 12.0 Å². The summed E-state index contributed by atoms with van der Waals surface area (Å²) in [6.45, 7) is 6.22. The highest BCUT2D eigenvalue weighted by molar-refractivity contribution is 7.89. The first-order chi connectivity index (χ1) is 8.92. The number of aliphatic hydroxyl groups excluding tert-OH is 1. The molecule has 2 unspecified atom stereocenters. The van der Waals surface area contributed by atoms with E-state index in [1.807, 2.05) is 20.8 Å². The number of rotatable bonds is 7. The van der Waals surface area contributed by atoms with Gasteiger partial charge in [-0.3, -0.25) is 0 Å². The largest absolute Gasteiger partial charge is 0.393 e. The number of hydrogen-bond acceptors (Lipinski definition) is 3. The molecule has 108 valence electrons. The van der Waals surface area contributed by atoms with Gasteiger partial charge in [0.05, 0.1) is 11.0 Å². The van der Waals surface area contributed by atoms with Crippen LogP contribution >= 0.6 is 0 Å². The molecule has 2 atom stereocenters. The van der Waals surface area contributed by atoms with Gasteiger partial charge >= 0.3 is 0 Å². The van der Waals surface area contributed by atoms with Crippen LogP contribution in [-0.4, -0.2) is 26.2 Å². The van der Waals surface area contributed by atoms with Crippen LogP contribution in [-0.2, 0) is 10.0 Å². The highest BCUT2D eigenvalue weighted by Gasteiger charge is 2.17. The highest BCUT2D eigenvalue weighted by atomic mass is 32.2. The fourth-order valence-corrected chi connectivity index (χ4v) is 2.98. The molecule has 0 aliphatic rings. The van der Waals surface area contributed by atoms with Crippen LogP contribution in [0.2, 0.25) is 0 Å². The normalized spacial score (nSPS) is 15.2. The van der Waals surface area contributed by atoms with Crippen LogP contribution in [0.5, 0.6) is 0 Å². The Hall–Kier alpha value is -0.910. The lowest BCUT2D eigenvalue weighted by atomic mass is 9.94. The number of sulfonamides is 1. The quantitative estimate of drug-likeness (QED) is 0.807. The van der Waals surface area contributed by atoms with Crippen molar-refractivity contribution in [3.63, 3.8) is 0 Å². The number of aliphatic hydroxyl groups is 1. The summed E-state index contributed by atoms with van der Waals surface area (Å²) in [6, 6.07) is 6.71. The summed E-state index contributed by atoms with van der Waals surface area (Å²) in [4.78, 5) is 0.267. The zero-order chi connectivity index (χ0) is 14.5. The van der Waals surface area contributed by atoms with Gasteiger partial charge in [0, 0.05) is 12.5 Å². The third-order valence-corrected chi connectivity index (χ3v) is 4.73. The summed E-state index contributed by atoms with van der Waals surface area (Å²) in [5, 5.41) is 9.79. The Balaban J connectivity index is 2.87. The van der Waals surface area contributed by atoms with Gasteiger partial charge in [0.25, 0.3) is 0 Å². The molecule has 0 aromatic heterocycles. The molecular weight excluding hydrogens is 262 g/mol. The molecule has 0 aliphatic carbocycles. The Morgan fingerprint density at radius 2 is 1.79 bits per heavy atom. The van der Waals surface area contributed by atoms with Crippen LogP contribution in [0.4, 0.5) is 0 Å². The summed E-state index contributed by atoms with van der Waals surface area (Å²) in [7, 11) is -3.40. The Kier molecular flexibility index (Phi) is 5.97. The molecule has 2 N–H and O–H groups in total. The fraction of sp³-hybridized carbons (Fsp3) is 0.571. The van der Waals surface area contributed by atoms with Crippen molar-refractivity contribution in [2.45, 2.75) is 50.5 Å². The lowest BCUT2D eigenvalue weighted by Gasteiger charge is -2.17. The topological polar surface area (TPSA) is 66.4 Å². The molecule has 1 aromatic rings. The SMILES string of the molecule is CCCNS(=O)(=O)c1ccc(C(C)C(O)CC)cc1. The van der Waals surface area contributed by atoms with Crippen LogP contribution in [0, 0.1) is 0 Å². The lowest BCUT2D eigenvalue weighted by molar-refractivity contribution is 0.145. The number of nitrogens with one attached hydrogen (secondary N) is 1. The van der Waals surface area contributed by atoms with Crippen molar-refractivity contribution in [1.82, 2.24) is 4.72 Å². The molecule has 1 rings (SSSR count). The van der Waals surface area contributed by atoms with Gasteiger partial charge in [0.15, 0.2) is 0 Å². The van der Waals surface area contributed by atoms with E-state index in [9.17, 15) is 13.5 Å². The second kappa shape index (κ2) is 7.03. The standard InChI is InChI=1S/C14H23NO3S/c1-4-10-15-19(17,18)13-8-6-12(7-9-13)11(3)14(16)5-2/h6-9,11,14-16H,4-5,10H2,1-3H3. The zero-order valence-electron chi connectivity index (χ0n) is 11.8. The third-order valence-electron chi connectivity index (χ3n) is 3.25. The van der Waals surface area contributed by atoms with Gasteiger partial charge < -0.3 is 5.11 Å². The van der Waals surface area contributed by atoms with Gasteiger partial charge in [-0.25, -0.2) is 13.1 Å². The minimum Gasteiger partial charge on any atom is -0.393 e. The Labute approximate surface area is 115 Å². The van der Waals surface area contributed by atoms with Gasteiger partial charge in [0.2, 0.25) is 10.0 Å². The molecule has 0 amide bonds. The van der Waals surface area contributed by atoms with Crippen molar-refractivity contribution in [2.24, 2.45) is 0 Å². The summed E-state index contributed by atoms with van der Waals surface area (Å²) >= 11 is 0. The first-order valence-corrected chi connectivity index (χ1v) is 8.18. The van der Waals surface area contributed by atoms with E-state index in [2.05, 4.69) is 4.72 Å². The smallest absolute Gasteiger partial charge is 0.240 e. The fourth-order valence-electron chi connectivity index (χ4n) is 1.85.